The molecule has 1 aromatic heterocycles. The Morgan fingerprint density at radius 2 is 1.74 bits per heavy atom. The predicted octanol–water partition coefficient (Wildman–Crippen LogP) is 4.86. The van der Waals surface area contributed by atoms with Crippen molar-refractivity contribution in [1.82, 2.24) is 15.3 Å². The third-order valence-electron chi connectivity index (χ3n) is 7.28. The molecule has 1 unspecified atom stereocenters. The van der Waals surface area contributed by atoms with Crippen molar-refractivity contribution in [3.8, 4) is 0 Å². The first-order chi connectivity index (χ1) is 16.6. The van der Waals surface area contributed by atoms with Gasteiger partial charge >= 0.3 is 5.69 Å². The summed E-state index contributed by atoms with van der Waals surface area (Å²) in [7, 11) is 0. The Kier molecular flexibility index (Phi) is 7.14. The van der Waals surface area contributed by atoms with Gasteiger partial charge in [-0.3, -0.25) is 14.6 Å². The first kappa shape index (κ1) is 24.8. The molecule has 1 amide bonds. The van der Waals surface area contributed by atoms with Crippen LogP contribution in [0.1, 0.15) is 63.5 Å². The van der Waals surface area contributed by atoms with Crippen LogP contribution in [0.3, 0.4) is 0 Å². The Balaban J connectivity index is 0.000000189. The van der Waals surface area contributed by atoms with Gasteiger partial charge in [0.1, 0.15) is 17.5 Å². The van der Waals surface area contributed by atoms with E-state index in [1.165, 1.54) is 56.4 Å². The fourth-order valence-corrected chi connectivity index (χ4v) is 5.42. The van der Waals surface area contributed by atoms with Gasteiger partial charge in [-0.15, -0.1) is 0 Å². The molecule has 5 rings (SSSR count). The molecular weight excluding hydrogens is 459 g/mol. The maximum absolute atomic E-state index is 13.7. The minimum absolute atomic E-state index is 0.0408. The molecule has 2 aliphatic rings. The molecule has 2 aromatic carbocycles. The monoisotopic (exact) mass is 487 g/mol. The van der Waals surface area contributed by atoms with E-state index in [0.29, 0.717) is 22.9 Å². The predicted molar refractivity (Wildman–Crippen MR) is 126 cm³/mol. The molecule has 1 atom stereocenters. The Labute approximate surface area is 200 Å². The van der Waals surface area contributed by atoms with Crippen molar-refractivity contribution in [2.24, 2.45) is 11.3 Å². The highest BCUT2D eigenvalue weighted by Gasteiger charge is 2.44. The lowest BCUT2D eigenvalue weighted by Gasteiger charge is -2.26. The summed E-state index contributed by atoms with van der Waals surface area (Å²) in [6, 6.07) is 6.63. The number of carbonyl (C=O) groups excluding carboxylic acids is 1. The number of H-pyrrole nitrogens is 2. The lowest BCUT2D eigenvalue weighted by molar-refractivity contribution is -0.122. The summed E-state index contributed by atoms with van der Waals surface area (Å²) in [6.45, 7) is 1.73. The summed E-state index contributed by atoms with van der Waals surface area (Å²) in [5.74, 6) is -0.877. The Bertz CT molecular complexity index is 1340. The molecular formula is C26H28F3N3O3. The van der Waals surface area contributed by atoms with E-state index in [9.17, 15) is 27.6 Å². The van der Waals surface area contributed by atoms with E-state index in [2.05, 4.69) is 10.3 Å². The fraction of sp³-hybridized carbons (Fsp3) is 0.423. The summed E-state index contributed by atoms with van der Waals surface area (Å²) in [4.78, 5) is 38.4. The highest BCUT2D eigenvalue weighted by atomic mass is 19.1. The van der Waals surface area contributed by atoms with Crippen LogP contribution in [0, 0.1) is 28.8 Å². The summed E-state index contributed by atoms with van der Waals surface area (Å²) in [5, 5.41) is 2.97. The van der Waals surface area contributed by atoms with Crippen LogP contribution in [0.5, 0.6) is 0 Å². The number of amides is 1. The molecule has 2 bridgehead atoms. The average molecular weight is 488 g/mol. The van der Waals surface area contributed by atoms with E-state index in [0.717, 1.165) is 24.5 Å². The molecule has 186 valence electrons. The highest BCUT2D eigenvalue weighted by Crippen LogP contribution is 2.56. The molecule has 9 heteroatoms. The first-order valence-electron chi connectivity index (χ1n) is 11.8. The minimum atomic E-state index is -0.610. The quantitative estimate of drug-likeness (QED) is 0.480. The van der Waals surface area contributed by atoms with Crippen LogP contribution < -0.4 is 16.6 Å². The first-order valence-corrected chi connectivity index (χ1v) is 11.8. The van der Waals surface area contributed by atoms with Crippen molar-refractivity contribution in [1.29, 1.82) is 0 Å². The van der Waals surface area contributed by atoms with Crippen LogP contribution in [-0.4, -0.2) is 15.9 Å². The molecule has 3 aromatic rings. The number of nitrogens with one attached hydrogen (secondary N) is 3. The second kappa shape index (κ2) is 10.1. The smallest absolute Gasteiger partial charge is 0.326 e. The van der Waals surface area contributed by atoms with Crippen molar-refractivity contribution < 1.29 is 18.0 Å². The standard InChI is InChI=1S/C18H23F2NO.C8H5FN2O2/c1-12(15-3-2-14(19)10-16(15)20)21-17(22)6-9-18-7-4-13(11-18)5-8-18;9-4-1-2-6-5(3-4)7(12)11-8(13)10-6/h2-3,10,12-13H,4-9,11H2,1H3,(H,21,22);1-3H,(H2,10,11,12,13). The van der Waals surface area contributed by atoms with Gasteiger partial charge in [0.25, 0.3) is 5.56 Å². The molecule has 2 saturated carbocycles. The van der Waals surface area contributed by atoms with Gasteiger partial charge < -0.3 is 10.3 Å². The topological polar surface area (TPSA) is 94.8 Å². The number of hydrogen-bond donors (Lipinski definition) is 3. The average Bonchev–Trinajstić information content (AvgIpc) is 3.40. The lowest BCUT2D eigenvalue weighted by Crippen LogP contribution is -2.28. The van der Waals surface area contributed by atoms with E-state index < -0.39 is 34.7 Å². The lowest BCUT2D eigenvalue weighted by atomic mass is 9.80. The van der Waals surface area contributed by atoms with E-state index in [1.807, 2.05) is 4.98 Å². The molecule has 0 radical (unpaired) electrons. The Morgan fingerprint density at radius 1 is 1.06 bits per heavy atom. The summed E-state index contributed by atoms with van der Waals surface area (Å²) in [6.07, 6.45) is 7.87. The molecule has 2 fully saturated rings. The number of fused-ring (bicyclic) bond motifs is 3. The zero-order chi connectivity index (χ0) is 25.2. The van der Waals surface area contributed by atoms with Crippen molar-refractivity contribution in [3.05, 3.63) is 80.3 Å². The van der Waals surface area contributed by atoms with Gasteiger partial charge in [-0.05, 0) is 81.0 Å². The Morgan fingerprint density at radius 3 is 2.40 bits per heavy atom. The summed E-state index contributed by atoms with van der Waals surface area (Å²) in [5.41, 5.74) is -0.126. The van der Waals surface area contributed by atoms with Crippen molar-refractivity contribution in [3.63, 3.8) is 0 Å². The molecule has 0 spiro atoms. The normalized spacial score (nSPS) is 21.4. The molecule has 2 aliphatic carbocycles. The second-order valence-corrected chi connectivity index (χ2v) is 9.70. The number of aromatic nitrogens is 2. The molecule has 0 aliphatic heterocycles. The van der Waals surface area contributed by atoms with E-state index >= 15 is 0 Å². The number of aromatic amines is 2. The van der Waals surface area contributed by atoms with Gasteiger partial charge in [-0.25, -0.2) is 18.0 Å². The van der Waals surface area contributed by atoms with E-state index in [4.69, 9.17) is 0 Å². The summed E-state index contributed by atoms with van der Waals surface area (Å²) < 4.78 is 39.3. The maximum Gasteiger partial charge on any atom is 0.326 e. The third kappa shape index (κ3) is 5.83. The Hall–Kier alpha value is -3.36. The van der Waals surface area contributed by atoms with Crippen LogP contribution in [-0.2, 0) is 4.79 Å². The number of carbonyl (C=O) groups is 1. The van der Waals surface area contributed by atoms with Gasteiger partial charge in [0, 0.05) is 18.1 Å². The second-order valence-electron chi connectivity index (χ2n) is 9.70. The van der Waals surface area contributed by atoms with Gasteiger partial charge in [-0.1, -0.05) is 6.07 Å². The minimum Gasteiger partial charge on any atom is -0.349 e. The largest absolute Gasteiger partial charge is 0.349 e. The van der Waals surface area contributed by atoms with Crippen LogP contribution in [0.4, 0.5) is 13.2 Å². The molecule has 1 heterocycles. The van der Waals surface area contributed by atoms with Crippen molar-refractivity contribution in [2.45, 2.75) is 57.9 Å². The maximum atomic E-state index is 13.7. The summed E-state index contributed by atoms with van der Waals surface area (Å²) >= 11 is 0. The molecule has 6 nitrogen and oxygen atoms in total. The van der Waals surface area contributed by atoms with Gasteiger partial charge in [0.2, 0.25) is 5.91 Å². The van der Waals surface area contributed by atoms with Gasteiger partial charge in [0.05, 0.1) is 16.9 Å². The zero-order valence-electron chi connectivity index (χ0n) is 19.4. The molecule has 3 N–H and O–H groups in total. The number of hydrogen-bond acceptors (Lipinski definition) is 3. The highest BCUT2D eigenvalue weighted by molar-refractivity contribution is 5.77. The van der Waals surface area contributed by atoms with Crippen LogP contribution >= 0.6 is 0 Å². The number of rotatable bonds is 5. The SMILES string of the molecule is CC(NC(=O)CCC12CCC(CC1)C2)c1ccc(F)cc1F.O=c1[nH]c(=O)c2cc(F)ccc2[nH]1. The van der Waals surface area contributed by atoms with E-state index in [1.54, 1.807) is 6.92 Å². The number of benzene rings is 2. The van der Waals surface area contributed by atoms with Crippen molar-refractivity contribution >= 4 is 16.8 Å². The van der Waals surface area contributed by atoms with Crippen molar-refractivity contribution in [2.75, 3.05) is 0 Å². The number of halogens is 3. The van der Waals surface area contributed by atoms with Crippen LogP contribution in [0.15, 0.2) is 46.0 Å². The third-order valence-corrected chi connectivity index (χ3v) is 7.28. The molecule has 0 saturated heterocycles. The van der Waals surface area contributed by atoms with E-state index in [-0.39, 0.29) is 11.3 Å². The molecule has 35 heavy (non-hydrogen) atoms. The fourth-order valence-electron chi connectivity index (χ4n) is 5.42. The zero-order valence-corrected chi connectivity index (χ0v) is 19.4. The van der Waals surface area contributed by atoms with Crippen LogP contribution in [0.2, 0.25) is 0 Å². The van der Waals surface area contributed by atoms with Crippen LogP contribution in [0.25, 0.3) is 10.9 Å². The van der Waals surface area contributed by atoms with Gasteiger partial charge in [0.15, 0.2) is 0 Å². The van der Waals surface area contributed by atoms with Gasteiger partial charge in [-0.2, -0.15) is 0 Å².